The first-order chi connectivity index (χ1) is 8.25. The molecule has 1 aromatic rings. The van der Waals surface area contributed by atoms with Gasteiger partial charge in [-0.3, -0.25) is 4.79 Å². The van der Waals surface area contributed by atoms with E-state index in [0.717, 1.165) is 13.0 Å². The summed E-state index contributed by atoms with van der Waals surface area (Å²) in [6.07, 6.45) is 0.896. The van der Waals surface area contributed by atoms with Crippen molar-refractivity contribution in [3.63, 3.8) is 0 Å². The second-order valence-electron chi connectivity index (χ2n) is 3.83. The van der Waals surface area contributed by atoms with Crippen LogP contribution in [0.2, 0.25) is 0 Å². The lowest BCUT2D eigenvalue weighted by Crippen LogP contribution is -2.51. The van der Waals surface area contributed by atoms with Gasteiger partial charge in [0, 0.05) is 18.0 Å². The summed E-state index contributed by atoms with van der Waals surface area (Å²) in [6.45, 7) is 2.61. The van der Waals surface area contributed by atoms with Gasteiger partial charge in [0.2, 0.25) is 5.91 Å². The molecule has 2 heterocycles. The second kappa shape index (κ2) is 8.31. The van der Waals surface area contributed by atoms with Crippen molar-refractivity contribution < 1.29 is 9.53 Å². The minimum atomic E-state index is -0.188. The molecule has 1 aromatic heterocycles. The maximum atomic E-state index is 11.7. The Hall–Kier alpha value is 0.110. The molecule has 0 aliphatic carbocycles. The van der Waals surface area contributed by atoms with E-state index in [1.165, 1.54) is 7.76 Å². The van der Waals surface area contributed by atoms with Gasteiger partial charge in [-0.05, 0) is 41.1 Å². The number of rotatable bonds is 4. The van der Waals surface area contributed by atoms with Crippen LogP contribution in [0, 0.1) is 2.88 Å². The van der Waals surface area contributed by atoms with Gasteiger partial charge in [-0.1, -0.05) is 0 Å². The summed E-state index contributed by atoms with van der Waals surface area (Å²) >= 11 is 4.08. The fraction of sp³-hybridized carbons (Fsp3) is 0.545. The van der Waals surface area contributed by atoms with Crippen molar-refractivity contribution in [3.05, 3.63) is 19.9 Å². The van der Waals surface area contributed by atoms with Crippen LogP contribution in [0.3, 0.4) is 0 Å². The molecule has 1 amide bonds. The minimum Gasteiger partial charge on any atom is -0.378 e. The monoisotopic (exact) mass is 402 g/mol. The first-order valence-corrected chi connectivity index (χ1v) is 7.48. The van der Waals surface area contributed by atoms with Crippen molar-refractivity contribution in [2.75, 3.05) is 26.3 Å². The summed E-state index contributed by atoms with van der Waals surface area (Å²) in [5.41, 5.74) is 0. The Balaban J connectivity index is 0.00000162. The van der Waals surface area contributed by atoms with Crippen LogP contribution in [0.25, 0.3) is 0 Å². The van der Waals surface area contributed by atoms with Crippen LogP contribution in [0.4, 0.5) is 0 Å². The molecule has 1 atom stereocenters. The molecule has 2 N–H and O–H groups in total. The standard InChI is InChI=1S/C11H15IN2O2S.ClH/c12-10-2-1-8(17-10)3-4-14-11(15)9-7-16-6-5-13-9;/h1-2,9,13H,3-7H2,(H,14,15);1H. The van der Waals surface area contributed by atoms with E-state index < -0.39 is 0 Å². The van der Waals surface area contributed by atoms with E-state index in [1.54, 1.807) is 11.3 Å². The Morgan fingerprint density at radius 3 is 3.06 bits per heavy atom. The van der Waals surface area contributed by atoms with Crippen LogP contribution in [-0.2, 0) is 16.0 Å². The fourth-order valence-corrected chi connectivity index (χ4v) is 3.41. The second-order valence-corrected chi connectivity index (χ2v) is 6.89. The zero-order chi connectivity index (χ0) is 12.1. The third-order valence-corrected chi connectivity index (χ3v) is 4.49. The van der Waals surface area contributed by atoms with E-state index in [9.17, 15) is 4.79 Å². The van der Waals surface area contributed by atoms with Gasteiger partial charge in [-0.15, -0.1) is 23.7 Å². The van der Waals surface area contributed by atoms with Crippen LogP contribution in [-0.4, -0.2) is 38.3 Å². The molecule has 0 bridgehead atoms. The van der Waals surface area contributed by atoms with Crippen molar-refractivity contribution in [3.8, 4) is 0 Å². The maximum absolute atomic E-state index is 11.7. The van der Waals surface area contributed by atoms with Gasteiger partial charge in [0.1, 0.15) is 6.04 Å². The summed E-state index contributed by atoms with van der Waals surface area (Å²) in [5, 5.41) is 6.07. The molecule has 7 heteroatoms. The van der Waals surface area contributed by atoms with E-state index in [1.807, 2.05) is 0 Å². The molecular formula is C11H16ClIN2O2S. The van der Waals surface area contributed by atoms with Crippen molar-refractivity contribution in [2.24, 2.45) is 0 Å². The number of amides is 1. The number of ether oxygens (including phenoxy) is 1. The Kier molecular flexibility index (Phi) is 7.47. The number of carbonyl (C=O) groups is 1. The largest absolute Gasteiger partial charge is 0.378 e. The Bertz CT molecular complexity index is 383. The highest BCUT2D eigenvalue weighted by molar-refractivity contribution is 14.1. The van der Waals surface area contributed by atoms with Crippen molar-refractivity contribution >= 4 is 52.2 Å². The summed E-state index contributed by atoms with van der Waals surface area (Å²) in [6, 6.07) is 4.02. The molecule has 1 aliphatic rings. The Morgan fingerprint density at radius 1 is 1.61 bits per heavy atom. The minimum absolute atomic E-state index is 0. The molecule has 2 rings (SSSR count). The molecule has 1 unspecified atom stereocenters. The summed E-state index contributed by atoms with van der Waals surface area (Å²) in [4.78, 5) is 13.0. The smallest absolute Gasteiger partial charge is 0.239 e. The van der Waals surface area contributed by atoms with E-state index in [-0.39, 0.29) is 24.4 Å². The summed E-state index contributed by atoms with van der Waals surface area (Å²) in [7, 11) is 0. The predicted molar refractivity (Wildman–Crippen MR) is 83.6 cm³/mol. The van der Waals surface area contributed by atoms with Gasteiger partial charge >= 0.3 is 0 Å². The Morgan fingerprint density at radius 2 is 2.44 bits per heavy atom. The van der Waals surface area contributed by atoms with E-state index >= 15 is 0 Å². The van der Waals surface area contributed by atoms with Crippen LogP contribution in [0.15, 0.2) is 12.1 Å². The zero-order valence-corrected chi connectivity index (χ0v) is 13.6. The lowest BCUT2D eigenvalue weighted by Gasteiger charge is -2.22. The molecule has 4 nitrogen and oxygen atoms in total. The average molecular weight is 403 g/mol. The Labute approximate surface area is 130 Å². The molecule has 1 saturated heterocycles. The number of hydrogen-bond acceptors (Lipinski definition) is 4. The molecule has 0 spiro atoms. The van der Waals surface area contributed by atoms with Crippen molar-refractivity contribution in [2.45, 2.75) is 12.5 Å². The van der Waals surface area contributed by atoms with Gasteiger partial charge in [0.15, 0.2) is 0 Å². The lowest BCUT2D eigenvalue weighted by atomic mass is 10.2. The molecular weight excluding hydrogens is 387 g/mol. The maximum Gasteiger partial charge on any atom is 0.239 e. The van der Waals surface area contributed by atoms with Crippen molar-refractivity contribution in [1.29, 1.82) is 0 Å². The van der Waals surface area contributed by atoms with E-state index in [2.05, 4.69) is 45.4 Å². The number of nitrogens with one attached hydrogen (secondary N) is 2. The summed E-state index contributed by atoms with van der Waals surface area (Å²) < 4.78 is 6.53. The van der Waals surface area contributed by atoms with Gasteiger partial charge in [0.05, 0.1) is 16.1 Å². The van der Waals surface area contributed by atoms with Crippen LogP contribution in [0.5, 0.6) is 0 Å². The van der Waals surface area contributed by atoms with Crippen LogP contribution in [0.1, 0.15) is 4.88 Å². The SMILES string of the molecule is Cl.O=C(NCCc1ccc(I)s1)C1COCCN1. The third kappa shape index (κ3) is 5.00. The van der Waals surface area contributed by atoms with Gasteiger partial charge in [0.25, 0.3) is 0 Å². The molecule has 0 saturated carbocycles. The van der Waals surface area contributed by atoms with Crippen LogP contribution < -0.4 is 10.6 Å². The number of halogens is 2. The highest BCUT2D eigenvalue weighted by atomic mass is 127. The normalized spacial score (nSPS) is 19.1. The highest BCUT2D eigenvalue weighted by Crippen LogP contribution is 2.18. The number of carbonyl (C=O) groups excluding carboxylic acids is 1. The van der Waals surface area contributed by atoms with E-state index in [4.69, 9.17) is 4.74 Å². The average Bonchev–Trinajstić information content (AvgIpc) is 2.76. The van der Waals surface area contributed by atoms with Crippen molar-refractivity contribution in [1.82, 2.24) is 10.6 Å². The summed E-state index contributed by atoms with van der Waals surface area (Å²) in [5.74, 6) is 0.0379. The molecule has 0 aromatic carbocycles. The highest BCUT2D eigenvalue weighted by Gasteiger charge is 2.20. The van der Waals surface area contributed by atoms with Gasteiger partial charge in [-0.25, -0.2) is 0 Å². The number of hydrogen-bond donors (Lipinski definition) is 2. The third-order valence-electron chi connectivity index (χ3n) is 2.54. The lowest BCUT2D eigenvalue weighted by molar-refractivity contribution is -0.125. The topological polar surface area (TPSA) is 50.4 Å². The fourth-order valence-electron chi connectivity index (χ4n) is 1.65. The quantitative estimate of drug-likeness (QED) is 0.749. The molecule has 18 heavy (non-hydrogen) atoms. The van der Waals surface area contributed by atoms with E-state index in [0.29, 0.717) is 19.8 Å². The first kappa shape index (κ1) is 16.2. The number of thiophene rings is 1. The number of morpholine rings is 1. The van der Waals surface area contributed by atoms with Crippen LogP contribution >= 0.6 is 46.3 Å². The van der Waals surface area contributed by atoms with Gasteiger partial charge < -0.3 is 15.4 Å². The first-order valence-electron chi connectivity index (χ1n) is 5.59. The molecule has 1 fully saturated rings. The zero-order valence-electron chi connectivity index (χ0n) is 9.78. The molecule has 0 radical (unpaired) electrons. The van der Waals surface area contributed by atoms with Gasteiger partial charge in [-0.2, -0.15) is 0 Å². The molecule has 102 valence electrons. The molecule has 1 aliphatic heterocycles. The predicted octanol–water partition coefficient (Wildman–Crippen LogP) is 1.42.